The van der Waals surface area contributed by atoms with Gasteiger partial charge in [-0.3, -0.25) is 4.79 Å². The van der Waals surface area contributed by atoms with Crippen molar-refractivity contribution in [3.63, 3.8) is 0 Å². The summed E-state index contributed by atoms with van der Waals surface area (Å²) in [5.41, 5.74) is 1.33. The van der Waals surface area contributed by atoms with E-state index in [1.807, 2.05) is 24.3 Å². The molecule has 2 aromatic rings. The van der Waals surface area contributed by atoms with Gasteiger partial charge in [0.1, 0.15) is 17.5 Å². The summed E-state index contributed by atoms with van der Waals surface area (Å²) >= 11 is 0. The molecule has 1 saturated carbocycles. The fraction of sp³-hybridized carbons (Fsp3) is 0.500. The van der Waals surface area contributed by atoms with Crippen LogP contribution in [0.3, 0.4) is 0 Å². The van der Waals surface area contributed by atoms with E-state index in [-0.39, 0.29) is 17.8 Å². The molecule has 2 aliphatic rings. The quantitative estimate of drug-likeness (QED) is 0.858. The zero-order valence-corrected chi connectivity index (χ0v) is 15.2. The Hall–Kier alpha value is -2.50. The second-order valence-electron chi connectivity index (χ2n) is 7.24. The van der Waals surface area contributed by atoms with Gasteiger partial charge in [-0.15, -0.1) is 0 Å². The van der Waals surface area contributed by atoms with Crippen molar-refractivity contribution in [2.45, 2.75) is 31.7 Å². The van der Waals surface area contributed by atoms with E-state index in [9.17, 15) is 9.59 Å². The Labute approximate surface area is 152 Å². The van der Waals surface area contributed by atoms with Crippen molar-refractivity contribution in [1.82, 2.24) is 9.88 Å². The number of likely N-dealkylation sites (tertiary alicyclic amines) is 1. The lowest BCUT2D eigenvalue weighted by Crippen LogP contribution is -2.44. The second kappa shape index (κ2) is 6.67. The average Bonchev–Trinajstić information content (AvgIpc) is 3.28. The zero-order valence-electron chi connectivity index (χ0n) is 15.2. The van der Waals surface area contributed by atoms with Gasteiger partial charge in [0, 0.05) is 17.4 Å². The van der Waals surface area contributed by atoms with Gasteiger partial charge in [-0.25, -0.2) is 4.79 Å². The van der Waals surface area contributed by atoms with Gasteiger partial charge in [-0.1, -0.05) is 18.9 Å². The maximum Gasteiger partial charge on any atom is 0.328 e. The maximum absolute atomic E-state index is 13.2. The molecule has 1 saturated heterocycles. The Bertz CT molecular complexity index is 843. The van der Waals surface area contributed by atoms with Crippen molar-refractivity contribution in [3.05, 3.63) is 30.0 Å². The van der Waals surface area contributed by atoms with Crippen molar-refractivity contribution in [1.29, 1.82) is 0 Å². The summed E-state index contributed by atoms with van der Waals surface area (Å²) < 4.78 is 10.4. The predicted molar refractivity (Wildman–Crippen MR) is 97.1 cm³/mol. The Balaban J connectivity index is 1.69. The van der Waals surface area contributed by atoms with Crippen molar-refractivity contribution in [2.24, 2.45) is 11.8 Å². The molecular weight excluding hydrogens is 332 g/mol. The molecule has 2 fully saturated rings. The van der Waals surface area contributed by atoms with Crippen LogP contribution in [0.2, 0.25) is 0 Å². The minimum absolute atomic E-state index is 0.145. The highest BCUT2D eigenvalue weighted by atomic mass is 16.5. The predicted octanol–water partition coefficient (Wildman–Crippen LogP) is 2.98. The first-order chi connectivity index (χ1) is 12.6. The number of hydrogen-bond acceptors (Lipinski definition) is 4. The molecule has 1 N–H and O–H groups in total. The summed E-state index contributed by atoms with van der Waals surface area (Å²) in [6.07, 6.45) is 4.33. The first-order valence-corrected chi connectivity index (χ1v) is 9.18. The van der Waals surface area contributed by atoms with Crippen molar-refractivity contribution >= 4 is 22.8 Å². The van der Waals surface area contributed by atoms with Crippen LogP contribution >= 0.6 is 0 Å². The van der Waals surface area contributed by atoms with E-state index in [4.69, 9.17) is 9.47 Å². The largest absolute Gasteiger partial charge is 0.496 e. The highest BCUT2D eigenvalue weighted by Crippen LogP contribution is 2.41. The lowest BCUT2D eigenvalue weighted by molar-refractivity contribution is -0.146. The topological polar surface area (TPSA) is 71.6 Å². The van der Waals surface area contributed by atoms with Gasteiger partial charge >= 0.3 is 5.97 Å². The number of carbonyl (C=O) groups is 2. The van der Waals surface area contributed by atoms with Crippen LogP contribution in [0.15, 0.2) is 24.3 Å². The van der Waals surface area contributed by atoms with Crippen LogP contribution in [0, 0.1) is 11.8 Å². The second-order valence-corrected chi connectivity index (χ2v) is 7.24. The van der Waals surface area contributed by atoms with Crippen LogP contribution in [-0.2, 0) is 9.53 Å². The summed E-state index contributed by atoms with van der Waals surface area (Å²) in [5, 5.41) is 0.865. The molecule has 2 heterocycles. The fourth-order valence-electron chi connectivity index (χ4n) is 4.68. The minimum Gasteiger partial charge on any atom is -0.496 e. The molecular formula is C20H24N2O4. The summed E-state index contributed by atoms with van der Waals surface area (Å²) in [6.45, 7) is 0.621. The van der Waals surface area contributed by atoms with Crippen molar-refractivity contribution in [3.8, 4) is 5.75 Å². The normalized spacial score (nSPS) is 25.2. The number of methoxy groups -OCH3 is 2. The van der Waals surface area contributed by atoms with Crippen LogP contribution in [0.4, 0.5) is 0 Å². The molecule has 1 aromatic carbocycles. The number of esters is 1. The molecule has 1 aromatic heterocycles. The molecule has 0 bridgehead atoms. The van der Waals surface area contributed by atoms with E-state index in [1.54, 1.807) is 12.0 Å². The van der Waals surface area contributed by atoms with E-state index >= 15 is 0 Å². The summed E-state index contributed by atoms with van der Waals surface area (Å²) in [7, 11) is 3.01. The number of nitrogens with one attached hydrogen (secondary N) is 1. The summed E-state index contributed by atoms with van der Waals surface area (Å²) in [6, 6.07) is 6.99. The van der Waals surface area contributed by atoms with Gasteiger partial charge in [0.15, 0.2) is 0 Å². The molecule has 4 rings (SSSR count). The molecule has 3 atom stereocenters. The van der Waals surface area contributed by atoms with Gasteiger partial charge in [-0.05, 0) is 42.9 Å². The average molecular weight is 356 g/mol. The first kappa shape index (κ1) is 16.9. The molecule has 0 spiro atoms. The molecule has 1 aliphatic carbocycles. The number of fused-ring (bicyclic) bond motifs is 2. The fourth-order valence-corrected chi connectivity index (χ4v) is 4.68. The Morgan fingerprint density at radius 1 is 1.19 bits per heavy atom. The third-order valence-corrected chi connectivity index (χ3v) is 5.92. The Morgan fingerprint density at radius 2 is 2.00 bits per heavy atom. The highest BCUT2D eigenvalue weighted by Gasteiger charge is 2.49. The van der Waals surface area contributed by atoms with Crippen molar-refractivity contribution in [2.75, 3.05) is 20.8 Å². The van der Waals surface area contributed by atoms with Crippen LogP contribution in [-0.4, -0.2) is 48.6 Å². The number of carbonyl (C=O) groups excluding carboxylic acids is 2. The number of ether oxygens (including phenoxy) is 2. The molecule has 2 unspecified atom stereocenters. The minimum atomic E-state index is -0.480. The van der Waals surface area contributed by atoms with Crippen LogP contribution < -0.4 is 4.74 Å². The molecule has 6 nitrogen and oxygen atoms in total. The lowest BCUT2D eigenvalue weighted by Gasteiger charge is -2.28. The maximum atomic E-state index is 13.2. The monoisotopic (exact) mass is 356 g/mol. The number of amides is 1. The lowest BCUT2D eigenvalue weighted by atomic mass is 9.78. The summed E-state index contributed by atoms with van der Waals surface area (Å²) in [4.78, 5) is 30.6. The number of aromatic nitrogens is 1. The van der Waals surface area contributed by atoms with Crippen molar-refractivity contribution < 1.29 is 19.1 Å². The molecule has 138 valence electrons. The third-order valence-electron chi connectivity index (χ3n) is 5.92. The van der Waals surface area contributed by atoms with Gasteiger partial charge in [0.25, 0.3) is 5.91 Å². The number of H-pyrrole nitrogens is 1. The van der Waals surface area contributed by atoms with E-state index in [0.717, 1.165) is 35.9 Å². The van der Waals surface area contributed by atoms with Gasteiger partial charge in [0.2, 0.25) is 0 Å². The van der Waals surface area contributed by atoms with Gasteiger partial charge in [0.05, 0.1) is 14.2 Å². The number of nitrogens with zero attached hydrogens (tertiary/aromatic N) is 1. The molecule has 6 heteroatoms. The van der Waals surface area contributed by atoms with Crippen LogP contribution in [0.1, 0.15) is 36.2 Å². The number of benzene rings is 1. The number of hydrogen-bond donors (Lipinski definition) is 1. The van der Waals surface area contributed by atoms with Gasteiger partial charge in [-0.2, -0.15) is 0 Å². The SMILES string of the molecule is COC(=O)[C@@H]1C2CCCCC2CN1C(=O)c1cc2c(OC)cccc2[nH]1. The Morgan fingerprint density at radius 3 is 2.77 bits per heavy atom. The zero-order chi connectivity index (χ0) is 18.3. The number of rotatable bonds is 3. The van der Waals surface area contributed by atoms with E-state index in [2.05, 4.69) is 4.98 Å². The highest BCUT2D eigenvalue weighted by molar-refractivity contribution is 6.01. The van der Waals surface area contributed by atoms with Gasteiger partial charge < -0.3 is 19.4 Å². The van der Waals surface area contributed by atoms with Crippen LogP contribution in [0.5, 0.6) is 5.75 Å². The molecule has 1 amide bonds. The molecule has 26 heavy (non-hydrogen) atoms. The first-order valence-electron chi connectivity index (χ1n) is 9.18. The van der Waals surface area contributed by atoms with E-state index < -0.39 is 6.04 Å². The standard InChI is InChI=1S/C20H24N2O4/c1-25-17-9-5-8-15-14(17)10-16(21-15)19(23)22-11-12-6-3-4-7-13(12)18(22)20(24)26-2/h5,8-10,12-13,18,21H,3-4,6-7,11H2,1-2H3/t12?,13?,18-/m0/s1. The summed E-state index contributed by atoms with van der Waals surface area (Å²) in [5.74, 6) is 0.863. The number of aromatic amines is 1. The molecule has 0 radical (unpaired) electrons. The van der Waals surface area contributed by atoms with Crippen LogP contribution in [0.25, 0.3) is 10.9 Å². The smallest absolute Gasteiger partial charge is 0.328 e. The third kappa shape index (κ3) is 2.64. The van der Waals surface area contributed by atoms with E-state index in [0.29, 0.717) is 18.2 Å². The van der Waals surface area contributed by atoms with E-state index in [1.165, 1.54) is 13.5 Å². The Kier molecular flexibility index (Phi) is 4.34. The molecule has 1 aliphatic heterocycles.